The first-order valence-corrected chi connectivity index (χ1v) is 11.6. The van der Waals surface area contributed by atoms with Gasteiger partial charge in [0.1, 0.15) is 0 Å². The summed E-state index contributed by atoms with van der Waals surface area (Å²) in [6.45, 7) is 11.0. The maximum absolute atomic E-state index is 12.3. The Balaban J connectivity index is 0.00000364. The minimum atomic E-state index is 0. The molecule has 3 aliphatic rings. The summed E-state index contributed by atoms with van der Waals surface area (Å²) in [5, 5.41) is 3.17. The van der Waals surface area contributed by atoms with Crippen molar-refractivity contribution >= 4 is 5.91 Å². The Hall–Kier alpha value is -0.320. The number of nitrogens with one attached hydrogen (secondary N) is 1. The predicted octanol–water partition coefficient (Wildman–Crippen LogP) is 0.954. The van der Waals surface area contributed by atoms with Crippen molar-refractivity contribution in [3.05, 3.63) is 0 Å². The van der Waals surface area contributed by atoms with Gasteiger partial charge in [-0.3, -0.25) is 9.69 Å². The lowest BCUT2D eigenvalue weighted by Gasteiger charge is -2.50. The summed E-state index contributed by atoms with van der Waals surface area (Å²) < 4.78 is 1.04. The molecular weight excluding hydrogens is 358 g/mol. The highest BCUT2D eigenvalue weighted by molar-refractivity contribution is 5.77. The molecule has 0 spiro atoms. The standard InChI is InChI=1S/C22H43N3O.ClH/c1-2-3-4-5-6-7-8-9-10-11-12-13-14-23-22(26)21-25-18-15-24(16-19-25)17-20-25;/h2-21H2,1H3;1H. The monoisotopic (exact) mass is 401 g/mol. The van der Waals surface area contributed by atoms with Gasteiger partial charge in [0.2, 0.25) is 0 Å². The van der Waals surface area contributed by atoms with Crippen molar-refractivity contribution in [3.8, 4) is 0 Å². The van der Waals surface area contributed by atoms with Crippen molar-refractivity contribution < 1.29 is 21.7 Å². The molecule has 27 heavy (non-hydrogen) atoms. The minimum absolute atomic E-state index is 0. The second-order valence-corrected chi connectivity index (χ2v) is 8.75. The van der Waals surface area contributed by atoms with Gasteiger partial charge in [0.25, 0.3) is 5.91 Å². The molecule has 3 fully saturated rings. The highest BCUT2D eigenvalue weighted by atomic mass is 35.5. The summed E-state index contributed by atoms with van der Waals surface area (Å²) >= 11 is 0. The fraction of sp³-hybridized carbons (Fsp3) is 0.955. The second-order valence-electron chi connectivity index (χ2n) is 8.75. The molecule has 0 aromatic heterocycles. The lowest BCUT2D eigenvalue weighted by molar-refractivity contribution is -0.933. The van der Waals surface area contributed by atoms with Gasteiger partial charge in [0.05, 0.1) is 19.6 Å². The largest absolute Gasteiger partial charge is 1.00 e. The molecule has 1 amide bonds. The van der Waals surface area contributed by atoms with E-state index in [0.29, 0.717) is 6.54 Å². The third-order valence-corrected chi connectivity index (χ3v) is 6.50. The van der Waals surface area contributed by atoms with Crippen LogP contribution in [-0.4, -0.2) is 67.6 Å². The molecule has 2 bridgehead atoms. The Morgan fingerprint density at radius 2 is 1.22 bits per heavy atom. The van der Waals surface area contributed by atoms with Crippen molar-refractivity contribution in [3.63, 3.8) is 0 Å². The maximum Gasteiger partial charge on any atom is 0.275 e. The number of carbonyl (C=O) groups is 1. The SMILES string of the molecule is CCCCCCCCCCCCCCNC(=O)C[N+]12CCN(CC1)CC2.[Cl-]. The molecule has 3 rings (SSSR count). The summed E-state index contributed by atoms with van der Waals surface area (Å²) in [6, 6.07) is 0. The molecule has 3 aliphatic heterocycles. The normalized spacial score (nSPS) is 23.8. The van der Waals surface area contributed by atoms with E-state index < -0.39 is 0 Å². The topological polar surface area (TPSA) is 32.3 Å². The van der Waals surface area contributed by atoms with E-state index in [1.54, 1.807) is 0 Å². The number of hydrogen-bond donors (Lipinski definition) is 1. The summed E-state index contributed by atoms with van der Waals surface area (Å²) in [4.78, 5) is 14.8. The Bertz CT molecular complexity index is 370. The van der Waals surface area contributed by atoms with Crippen LogP contribution >= 0.6 is 0 Å². The number of halogens is 1. The molecule has 0 unspecified atom stereocenters. The van der Waals surface area contributed by atoms with Crippen molar-refractivity contribution in [1.29, 1.82) is 0 Å². The van der Waals surface area contributed by atoms with E-state index in [4.69, 9.17) is 0 Å². The summed E-state index contributed by atoms with van der Waals surface area (Å²) in [7, 11) is 0. The van der Waals surface area contributed by atoms with Crippen molar-refractivity contribution in [1.82, 2.24) is 10.2 Å². The van der Waals surface area contributed by atoms with Gasteiger partial charge in [-0.15, -0.1) is 0 Å². The van der Waals surface area contributed by atoms with E-state index in [1.165, 1.54) is 110 Å². The molecule has 0 aromatic rings. The lowest BCUT2D eigenvalue weighted by Crippen LogP contribution is -3.00. The van der Waals surface area contributed by atoms with Gasteiger partial charge in [-0.2, -0.15) is 0 Å². The van der Waals surface area contributed by atoms with Crippen LogP contribution in [-0.2, 0) is 4.79 Å². The molecule has 160 valence electrons. The fourth-order valence-electron chi connectivity index (χ4n) is 4.52. The number of hydrogen-bond acceptors (Lipinski definition) is 2. The zero-order chi connectivity index (χ0) is 18.5. The molecule has 4 nitrogen and oxygen atoms in total. The first-order chi connectivity index (χ1) is 12.7. The molecule has 5 heteroatoms. The number of amides is 1. The highest BCUT2D eigenvalue weighted by Gasteiger charge is 2.39. The van der Waals surface area contributed by atoms with Crippen molar-refractivity contribution in [2.45, 2.75) is 84.0 Å². The van der Waals surface area contributed by atoms with Crippen LogP contribution < -0.4 is 17.7 Å². The molecule has 0 radical (unpaired) electrons. The highest BCUT2D eigenvalue weighted by Crippen LogP contribution is 2.18. The number of nitrogens with zero attached hydrogens (tertiary/aromatic N) is 2. The van der Waals surface area contributed by atoms with Crippen LogP contribution in [0, 0.1) is 0 Å². The van der Waals surface area contributed by atoms with E-state index in [1.807, 2.05) is 0 Å². The third-order valence-electron chi connectivity index (χ3n) is 6.50. The Morgan fingerprint density at radius 1 is 0.778 bits per heavy atom. The van der Waals surface area contributed by atoms with E-state index >= 15 is 0 Å². The number of carbonyl (C=O) groups excluding carboxylic acids is 1. The van der Waals surface area contributed by atoms with Crippen LogP contribution in [0.25, 0.3) is 0 Å². The molecule has 0 atom stereocenters. The van der Waals surface area contributed by atoms with Crippen LogP contribution in [0.1, 0.15) is 84.0 Å². The Morgan fingerprint density at radius 3 is 1.70 bits per heavy atom. The number of unbranched alkanes of at least 4 members (excludes halogenated alkanes) is 11. The van der Waals surface area contributed by atoms with Gasteiger partial charge in [-0.25, -0.2) is 0 Å². The van der Waals surface area contributed by atoms with Crippen molar-refractivity contribution in [2.75, 3.05) is 52.4 Å². The average Bonchev–Trinajstić information content (AvgIpc) is 2.66. The third kappa shape index (κ3) is 10.1. The number of rotatable bonds is 15. The molecule has 0 saturated carbocycles. The van der Waals surface area contributed by atoms with Gasteiger partial charge in [-0.05, 0) is 6.42 Å². The van der Waals surface area contributed by atoms with Gasteiger partial charge < -0.3 is 22.2 Å². The van der Waals surface area contributed by atoms with E-state index in [9.17, 15) is 4.79 Å². The van der Waals surface area contributed by atoms with Gasteiger partial charge in [-0.1, -0.05) is 77.6 Å². The zero-order valence-electron chi connectivity index (χ0n) is 17.8. The lowest BCUT2D eigenvalue weighted by atomic mass is 10.1. The molecular formula is C22H44ClN3O. The smallest absolute Gasteiger partial charge is 0.275 e. The Kier molecular flexibility index (Phi) is 13.4. The summed E-state index contributed by atoms with van der Waals surface area (Å²) in [6.07, 6.45) is 16.4. The van der Waals surface area contributed by atoms with Gasteiger partial charge in [0, 0.05) is 26.2 Å². The molecule has 0 aromatic carbocycles. The van der Waals surface area contributed by atoms with E-state index in [2.05, 4.69) is 17.1 Å². The predicted molar refractivity (Wildman–Crippen MR) is 110 cm³/mol. The molecule has 3 saturated heterocycles. The van der Waals surface area contributed by atoms with E-state index in [0.717, 1.165) is 17.4 Å². The second kappa shape index (κ2) is 14.6. The summed E-state index contributed by atoms with van der Waals surface area (Å²) in [5.74, 6) is 0.281. The number of piperazine rings is 3. The minimum Gasteiger partial charge on any atom is -1.00 e. The fourth-order valence-corrected chi connectivity index (χ4v) is 4.52. The number of quaternary nitrogens is 1. The van der Waals surface area contributed by atoms with Gasteiger partial charge in [0.15, 0.2) is 6.54 Å². The van der Waals surface area contributed by atoms with Crippen LogP contribution in [0.4, 0.5) is 0 Å². The first-order valence-electron chi connectivity index (χ1n) is 11.6. The quantitative estimate of drug-likeness (QED) is 0.327. The average molecular weight is 402 g/mol. The van der Waals surface area contributed by atoms with Crippen LogP contribution in [0.15, 0.2) is 0 Å². The van der Waals surface area contributed by atoms with Crippen LogP contribution in [0.3, 0.4) is 0 Å². The van der Waals surface area contributed by atoms with Crippen molar-refractivity contribution in [2.24, 2.45) is 0 Å². The van der Waals surface area contributed by atoms with Gasteiger partial charge >= 0.3 is 0 Å². The maximum atomic E-state index is 12.3. The zero-order valence-corrected chi connectivity index (χ0v) is 18.6. The number of fused-ring (bicyclic) bond motifs is 3. The molecule has 0 aliphatic carbocycles. The Labute approximate surface area is 174 Å². The van der Waals surface area contributed by atoms with Crippen LogP contribution in [0.2, 0.25) is 0 Å². The first kappa shape index (κ1) is 24.7. The molecule has 1 N–H and O–H groups in total. The summed E-state index contributed by atoms with van der Waals surface area (Å²) in [5.41, 5.74) is 0. The van der Waals surface area contributed by atoms with Crippen LogP contribution in [0.5, 0.6) is 0 Å². The molecule has 3 heterocycles. The van der Waals surface area contributed by atoms with E-state index in [-0.39, 0.29) is 18.3 Å².